The van der Waals surface area contributed by atoms with Gasteiger partial charge in [-0.3, -0.25) is 9.59 Å². The van der Waals surface area contributed by atoms with Gasteiger partial charge in [0.15, 0.2) is 0 Å². The van der Waals surface area contributed by atoms with Crippen molar-refractivity contribution in [1.29, 1.82) is 0 Å². The number of carbonyl (C=O) groups is 3. The Morgan fingerprint density at radius 3 is 1.90 bits per heavy atom. The lowest BCUT2D eigenvalue weighted by molar-refractivity contribution is -0.148. The largest absolute Gasteiger partial charge is 0.453 e. The standard InChI is InChI=1S/C45H55N7O6/c1-27(2)29(5)42(53)52-38(26-58-44(52)34-19-22-57-23-20-34)41-47-25-36(49-41)33-17-13-31(14-18-33)10-9-30-11-15-32(16-12-30)35-24-46-40(48-35)37-8-7-21-51(37)43(54)39(28(3)4)50-45(55)56-6/h11-18,24-25,27-29,34,37-39,44H,7-8,19-23,26H2,1-6H3,(H,46,48)(H,47,49)(H,50,55)/t29-,37-,38-,39-,44?/m0/s1. The molecule has 7 rings (SSSR count). The van der Waals surface area contributed by atoms with E-state index in [4.69, 9.17) is 19.2 Å². The Bertz CT molecular complexity index is 2110. The second-order valence-corrected chi connectivity index (χ2v) is 16.3. The highest BCUT2D eigenvalue weighted by atomic mass is 16.5. The minimum absolute atomic E-state index is 0.101. The van der Waals surface area contributed by atoms with Crippen LogP contribution in [0.5, 0.6) is 0 Å². The smallest absolute Gasteiger partial charge is 0.407 e. The molecule has 2 aromatic heterocycles. The summed E-state index contributed by atoms with van der Waals surface area (Å²) in [5.41, 5.74) is 5.41. The summed E-state index contributed by atoms with van der Waals surface area (Å²) in [4.78, 5) is 59.4. The maximum atomic E-state index is 13.9. The number of hydrogen-bond donors (Lipinski definition) is 3. The number of nitrogens with zero attached hydrogens (tertiary/aromatic N) is 4. The van der Waals surface area contributed by atoms with Crippen LogP contribution < -0.4 is 5.32 Å². The number of amides is 3. The lowest BCUT2D eigenvalue weighted by atomic mass is 9.93. The van der Waals surface area contributed by atoms with Crippen molar-refractivity contribution in [3.8, 4) is 34.4 Å². The summed E-state index contributed by atoms with van der Waals surface area (Å²) in [6.45, 7) is 12.4. The molecule has 306 valence electrons. The molecule has 3 N–H and O–H groups in total. The second-order valence-electron chi connectivity index (χ2n) is 16.3. The number of alkyl carbamates (subject to hydrolysis) is 1. The second kappa shape index (κ2) is 18.0. The first-order valence-electron chi connectivity index (χ1n) is 20.5. The Hall–Kier alpha value is -5.45. The fraction of sp³-hybridized carbons (Fsp3) is 0.489. The molecule has 5 heterocycles. The number of rotatable bonds is 10. The highest BCUT2D eigenvalue weighted by molar-refractivity contribution is 5.86. The molecule has 0 aliphatic carbocycles. The Morgan fingerprint density at radius 1 is 0.793 bits per heavy atom. The van der Waals surface area contributed by atoms with Crippen molar-refractivity contribution in [2.45, 2.75) is 84.7 Å². The molecule has 0 saturated carbocycles. The molecule has 5 atom stereocenters. The van der Waals surface area contributed by atoms with Crippen molar-refractivity contribution in [2.24, 2.45) is 23.7 Å². The van der Waals surface area contributed by atoms with E-state index in [1.165, 1.54) is 7.11 Å². The van der Waals surface area contributed by atoms with E-state index in [0.29, 0.717) is 26.4 Å². The number of likely N-dealkylation sites (tertiary alicyclic amines) is 1. The van der Waals surface area contributed by atoms with Crippen molar-refractivity contribution in [3.05, 3.63) is 83.7 Å². The van der Waals surface area contributed by atoms with Gasteiger partial charge in [0.25, 0.3) is 0 Å². The number of methoxy groups -OCH3 is 1. The fourth-order valence-corrected chi connectivity index (χ4v) is 8.01. The molecular formula is C45H55N7O6. The van der Waals surface area contributed by atoms with Gasteiger partial charge in [-0.25, -0.2) is 14.8 Å². The minimum Gasteiger partial charge on any atom is -0.453 e. The number of aromatic nitrogens is 4. The molecule has 3 saturated heterocycles. The Morgan fingerprint density at radius 2 is 1.36 bits per heavy atom. The Labute approximate surface area is 340 Å². The zero-order valence-corrected chi connectivity index (χ0v) is 34.3. The van der Waals surface area contributed by atoms with Crippen molar-refractivity contribution < 1.29 is 28.6 Å². The molecule has 3 amide bonds. The molecule has 58 heavy (non-hydrogen) atoms. The molecular weight excluding hydrogens is 735 g/mol. The molecule has 3 fully saturated rings. The van der Waals surface area contributed by atoms with Crippen LogP contribution in [0.15, 0.2) is 60.9 Å². The number of imidazole rings is 2. The summed E-state index contributed by atoms with van der Waals surface area (Å²) < 4.78 is 16.7. The average Bonchev–Trinajstić information content (AvgIpc) is 4.08. The van der Waals surface area contributed by atoms with E-state index < -0.39 is 12.1 Å². The van der Waals surface area contributed by atoms with Gasteiger partial charge in [0.1, 0.15) is 30.0 Å². The fourth-order valence-electron chi connectivity index (χ4n) is 8.01. The van der Waals surface area contributed by atoms with Crippen LogP contribution >= 0.6 is 0 Å². The normalized spacial score (nSPS) is 20.9. The van der Waals surface area contributed by atoms with Crippen LogP contribution in [-0.2, 0) is 23.8 Å². The van der Waals surface area contributed by atoms with Gasteiger partial charge in [0.2, 0.25) is 11.8 Å². The van der Waals surface area contributed by atoms with Crippen LogP contribution in [0.1, 0.15) is 95.2 Å². The van der Waals surface area contributed by atoms with Gasteiger partial charge < -0.3 is 39.3 Å². The van der Waals surface area contributed by atoms with Gasteiger partial charge in [-0.15, -0.1) is 0 Å². The highest BCUT2D eigenvalue weighted by Crippen LogP contribution is 2.38. The molecule has 2 aromatic carbocycles. The summed E-state index contributed by atoms with van der Waals surface area (Å²) in [7, 11) is 1.29. The predicted octanol–water partition coefficient (Wildman–Crippen LogP) is 6.86. The number of ether oxygens (including phenoxy) is 3. The van der Waals surface area contributed by atoms with Crippen LogP contribution in [0.2, 0.25) is 0 Å². The molecule has 1 unspecified atom stereocenters. The number of hydrogen-bond acceptors (Lipinski definition) is 8. The van der Waals surface area contributed by atoms with E-state index in [9.17, 15) is 14.4 Å². The average molecular weight is 790 g/mol. The van der Waals surface area contributed by atoms with Crippen LogP contribution in [0.25, 0.3) is 22.5 Å². The Kier molecular flexibility index (Phi) is 12.6. The van der Waals surface area contributed by atoms with E-state index in [1.807, 2.05) is 80.4 Å². The molecule has 0 bridgehead atoms. The van der Waals surface area contributed by atoms with E-state index in [-0.39, 0.29) is 53.8 Å². The van der Waals surface area contributed by atoms with Gasteiger partial charge in [-0.05, 0) is 72.9 Å². The van der Waals surface area contributed by atoms with Crippen LogP contribution in [0.3, 0.4) is 0 Å². The topological polar surface area (TPSA) is 155 Å². The monoisotopic (exact) mass is 789 g/mol. The SMILES string of the molecule is COC(=O)N[C@H](C(=O)N1CCC[C@H]1c1ncc(-c2ccc(C#Cc3ccc(-c4cnc([C@@H]5COC(C6CCOCC6)N5C(=O)[C@@H](C)C(C)C)[nH]4)cc3)cc2)[nH]1)C(C)C. The van der Waals surface area contributed by atoms with Crippen molar-refractivity contribution in [1.82, 2.24) is 35.1 Å². The first kappa shape index (κ1) is 40.7. The molecule has 4 aromatic rings. The lowest BCUT2D eigenvalue weighted by Gasteiger charge is -2.36. The van der Waals surface area contributed by atoms with Crippen molar-refractivity contribution in [2.75, 3.05) is 33.5 Å². The molecule has 0 radical (unpaired) electrons. The van der Waals surface area contributed by atoms with Gasteiger partial charge in [-0.2, -0.15) is 0 Å². The first-order valence-corrected chi connectivity index (χ1v) is 20.5. The van der Waals surface area contributed by atoms with Gasteiger partial charge in [-0.1, -0.05) is 70.7 Å². The van der Waals surface area contributed by atoms with Gasteiger partial charge >= 0.3 is 6.09 Å². The summed E-state index contributed by atoms with van der Waals surface area (Å²) in [5, 5.41) is 2.69. The summed E-state index contributed by atoms with van der Waals surface area (Å²) in [5.74, 6) is 8.19. The quantitative estimate of drug-likeness (QED) is 0.147. The number of H-pyrrole nitrogens is 2. The minimum atomic E-state index is -0.684. The van der Waals surface area contributed by atoms with Crippen LogP contribution in [0.4, 0.5) is 4.79 Å². The first-order chi connectivity index (χ1) is 28.0. The van der Waals surface area contributed by atoms with E-state index in [0.717, 1.165) is 71.0 Å². The molecule has 3 aliphatic heterocycles. The van der Waals surface area contributed by atoms with Gasteiger partial charge in [0, 0.05) is 42.7 Å². The molecule has 13 heteroatoms. The van der Waals surface area contributed by atoms with E-state index in [1.54, 1.807) is 11.1 Å². The lowest BCUT2D eigenvalue weighted by Crippen LogP contribution is -2.51. The highest BCUT2D eigenvalue weighted by Gasteiger charge is 2.46. The zero-order valence-electron chi connectivity index (χ0n) is 34.3. The van der Waals surface area contributed by atoms with E-state index >= 15 is 0 Å². The maximum Gasteiger partial charge on any atom is 0.407 e. The van der Waals surface area contributed by atoms with Crippen molar-refractivity contribution in [3.63, 3.8) is 0 Å². The number of aromatic amines is 2. The third kappa shape index (κ3) is 8.83. The van der Waals surface area contributed by atoms with Crippen LogP contribution in [0, 0.1) is 35.5 Å². The van der Waals surface area contributed by atoms with E-state index in [2.05, 4.69) is 46.0 Å². The van der Waals surface area contributed by atoms with Crippen molar-refractivity contribution >= 4 is 17.9 Å². The zero-order chi connectivity index (χ0) is 40.9. The summed E-state index contributed by atoms with van der Waals surface area (Å²) >= 11 is 0. The van der Waals surface area contributed by atoms with Crippen LogP contribution in [-0.4, -0.2) is 93.4 Å². The third-order valence-corrected chi connectivity index (χ3v) is 11.8. The maximum absolute atomic E-state index is 13.9. The predicted molar refractivity (Wildman–Crippen MR) is 219 cm³/mol. The molecule has 0 spiro atoms. The molecule has 3 aliphatic rings. The summed E-state index contributed by atoms with van der Waals surface area (Å²) in [6, 6.07) is 14.8. The molecule has 13 nitrogen and oxygen atoms in total. The van der Waals surface area contributed by atoms with Gasteiger partial charge in [0.05, 0.1) is 43.5 Å². The summed E-state index contributed by atoms with van der Waals surface area (Å²) in [6.07, 6.45) is 6.10. The number of nitrogens with one attached hydrogen (secondary N) is 3. The number of benzene rings is 2. The Balaban J connectivity index is 0.991. The number of carbonyl (C=O) groups excluding carboxylic acids is 3. The third-order valence-electron chi connectivity index (χ3n) is 11.8.